The number of hydrogen-bond donors (Lipinski definition) is 3. The monoisotopic (exact) mass is 1550 g/mol. The fourth-order valence-electron chi connectivity index (χ4n) is 13.5. The van der Waals surface area contributed by atoms with Crippen molar-refractivity contribution in [3.63, 3.8) is 0 Å². The van der Waals surface area contributed by atoms with Crippen molar-refractivity contribution >= 4 is 39.5 Å². The third-order valence-corrected chi connectivity index (χ3v) is 23.1. The third-order valence-electron chi connectivity index (χ3n) is 21.2. The molecule has 19 heteroatoms. The van der Waals surface area contributed by atoms with E-state index < -0.39 is 97.5 Å². The number of aliphatic hydroxyl groups excluding tert-OH is 1. The Bertz CT molecular complexity index is 2030. The van der Waals surface area contributed by atoms with Gasteiger partial charge in [-0.25, -0.2) is 9.13 Å². The number of carbonyl (C=O) groups is 4. The highest BCUT2D eigenvalue weighted by molar-refractivity contribution is 7.47. The highest BCUT2D eigenvalue weighted by Gasteiger charge is 2.30. The molecule has 106 heavy (non-hydrogen) atoms. The first kappa shape index (κ1) is 104. The van der Waals surface area contributed by atoms with E-state index in [2.05, 4.69) is 41.5 Å². The van der Waals surface area contributed by atoms with Crippen molar-refractivity contribution in [2.45, 2.75) is 484 Å². The molecule has 0 heterocycles. The summed E-state index contributed by atoms with van der Waals surface area (Å²) in [5.41, 5.74) is 0. The summed E-state index contributed by atoms with van der Waals surface area (Å²) in [6, 6.07) is 0. The van der Waals surface area contributed by atoms with Crippen LogP contribution in [0.25, 0.3) is 0 Å². The van der Waals surface area contributed by atoms with Gasteiger partial charge < -0.3 is 33.8 Å². The summed E-state index contributed by atoms with van der Waals surface area (Å²) in [5.74, 6) is -0.451. The predicted octanol–water partition coefficient (Wildman–Crippen LogP) is 26.6. The van der Waals surface area contributed by atoms with Gasteiger partial charge in [0.25, 0.3) is 0 Å². The lowest BCUT2D eigenvalue weighted by molar-refractivity contribution is -0.161. The molecule has 0 amide bonds. The molecule has 0 aromatic carbocycles. The van der Waals surface area contributed by atoms with Gasteiger partial charge in [-0.15, -0.1) is 0 Å². The lowest BCUT2D eigenvalue weighted by atomic mass is 9.99. The Morgan fingerprint density at radius 2 is 0.453 bits per heavy atom. The highest BCUT2D eigenvalue weighted by Crippen LogP contribution is 2.45. The first-order chi connectivity index (χ1) is 51.4. The van der Waals surface area contributed by atoms with Gasteiger partial charge in [-0.1, -0.05) is 414 Å². The zero-order valence-electron chi connectivity index (χ0n) is 69.7. The summed E-state index contributed by atoms with van der Waals surface area (Å²) in [4.78, 5) is 73.3. The van der Waals surface area contributed by atoms with E-state index in [4.69, 9.17) is 37.0 Å². The van der Waals surface area contributed by atoms with Crippen LogP contribution in [-0.2, 0) is 65.4 Å². The van der Waals surface area contributed by atoms with E-state index in [-0.39, 0.29) is 25.7 Å². The molecule has 0 fully saturated rings. The number of hydrogen-bond acceptors (Lipinski definition) is 15. The molecule has 3 N–H and O–H groups in total. The molecule has 7 atom stereocenters. The first-order valence-electron chi connectivity index (χ1n) is 45.1. The molecule has 0 saturated heterocycles. The molecule has 630 valence electrons. The zero-order chi connectivity index (χ0) is 77.8. The van der Waals surface area contributed by atoms with Gasteiger partial charge in [-0.05, 0) is 37.5 Å². The van der Waals surface area contributed by atoms with Crippen molar-refractivity contribution in [1.82, 2.24) is 0 Å². The van der Waals surface area contributed by atoms with Crippen LogP contribution in [0.2, 0.25) is 0 Å². The lowest BCUT2D eigenvalue weighted by Crippen LogP contribution is -2.30. The van der Waals surface area contributed by atoms with Crippen molar-refractivity contribution in [2.24, 2.45) is 11.8 Å². The van der Waals surface area contributed by atoms with Crippen molar-refractivity contribution in [3.05, 3.63) is 0 Å². The maximum Gasteiger partial charge on any atom is 0.472 e. The average molecular weight is 1550 g/mol. The zero-order valence-corrected chi connectivity index (χ0v) is 71.5. The average Bonchev–Trinajstić information content (AvgIpc) is 0.907. The van der Waals surface area contributed by atoms with E-state index in [0.717, 1.165) is 102 Å². The van der Waals surface area contributed by atoms with Gasteiger partial charge in [0.2, 0.25) is 0 Å². The van der Waals surface area contributed by atoms with Gasteiger partial charge >= 0.3 is 39.5 Å². The van der Waals surface area contributed by atoms with E-state index in [0.29, 0.717) is 25.7 Å². The Labute approximate surface area is 651 Å². The molecule has 4 unspecified atom stereocenters. The minimum atomic E-state index is -4.97. The van der Waals surface area contributed by atoms with Crippen LogP contribution >= 0.6 is 15.6 Å². The van der Waals surface area contributed by atoms with Crippen LogP contribution in [0.4, 0.5) is 0 Å². The largest absolute Gasteiger partial charge is 0.472 e. The number of phosphoric ester groups is 2. The Hall–Kier alpha value is -1.94. The molecule has 0 aliphatic rings. The Balaban J connectivity index is 5.25. The van der Waals surface area contributed by atoms with E-state index in [1.165, 1.54) is 283 Å². The molecule has 0 bridgehead atoms. The fraction of sp³-hybridized carbons (Fsp3) is 0.954. The van der Waals surface area contributed by atoms with Gasteiger partial charge in [0, 0.05) is 25.7 Å². The summed E-state index contributed by atoms with van der Waals surface area (Å²) in [5, 5.41) is 10.7. The van der Waals surface area contributed by atoms with Gasteiger partial charge in [0.05, 0.1) is 26.4 Å². The number of aliphatic hydroxyl groups is 1. The first-order valence-corrected chi connectivity index (χ1v) is 48.1. The molecule has 0 rings (SSSR count). The minimum Gasteiger partial charge on any atom is -0.462 e. The van der Waals surface area contributed by atoms with Gasteiger partial charge in [0.1, 0.15) is 19.3 Å². The number of esters is 4. The van der Waals surface area contributed by atoms with Crippen LogP contribution in [0.3, 0.4) is 0 Å². The molecule has 0 spiro atoms. The van der Waals surface area contributed by atoms with Crippen LogP contribution in [0, 0.1) is 11.8 Å². The second-order valence-corrected chi connectivity index (χ2v) is 34.7. The molecular weight excluding hydrogens is 1380 g/mol. The topological polar surface area (TPSA) is 237 Å². The molecule has 17 nitrogen and oxygen atoms in total. The molecule has 0 aromatic heterocycles. The number of carbonyl (C=O) groups excluding carboxylic acids is 4. The minimum absolute atomic E-state index is 0.108. The molecule has 0 aliphatic carbocycles. The molecule has 0 aromatic rings. The Morgan fingerprint density at radius 1 is 0.264 bits per heavy atom. The van der Waals surface area contributed by atoms with Crippen molar-refractivity contribution in [1.29, 1.82) is 0 Å². The van der Waals surface area contributed by atoms with Crippen LogP contribution in [0.15, 0.2) is 0 Å². The second-order valence-electron chi connectivity index (χ2n) is 31.8. The normalized spacial score (nSPS) is 14.3. The third kappa shape index (κ3) is 77.4. The van der Waals surface area contributed by atoms with Crippen molar-refractivity contribution in [2.75, 3.05) is 39.6 Å². The van der Waals surface area contributed by atoms with Gasteiger partial charge in [-0.3, -0.25) is 37.3 Å². The number of rotatable bonds is 86. The van der Waals surface area contributed by atoms with E-state index >= 15 is 0 Å². The maximum absolute atomic E-state index is 13.2. The number of unbranched alkanes of at least 4 members (excludes halogenated alkanes) is 54. The standard InChI is InChI=1S/C87H170O17P2/c1-7-11-13-15-17-19-21-23-25-32-36-40-44-51-57-63-69-84(89)97-75-82(103-86(91)72-66-60-54-46-42-38-34-30-28-27-29-31-35-39-43-49-55-61-67-79(5)9-3)77-101-105(93,94)99-73-81(88)74-100-106(95,96)102-78-83(76-98-85(90)70-64-58-52-48-47-50-56-62-68-80(6)10-4)104-87(92)71-65-59-53-45-41-37-33-26-24-22-20-18-16-14-12-8-2/h79-83,88H,7-78H2,1-6H3,(H,93,94)(H,95,96)/t79?,80?,81-,82-,83-/m1/s1. The summed E-state index contributed by atoms with van der Waals surface area (Å²) >= 11 is 0. The van der Waals surface area contributed by atoms with Crippen molar-refractivity contribution in [3.8, 4) is 0 Å². The van der Waals surface area contributed by atoms with E-state index in [9.17, 15) is 43.2 Å². The number of phosphoric acid groups is 2. The molecule has 0 aliphatic heterocycles. The van der Waals surface area contributed by atoms with E-state index in [1.54, 1.807) is 0 Å². The maximum atomic E-state index is 13.2. The summed E-state index contributed by atoms with van der Waals surface area (Å²) in [6.07, 6.45) is 70.7. The molecular formula is C87H170O17P2. The SMILES string of the molecule is CCCCCCCCCCCCCCCCCCC(=O)OC[C@H](COP(=O)(O)OC[C@@H](O)COP(=O)(O)OC[C@@H](COC(=O)CCCCCCCCCCC(C)CC)OC(=O)CCCCCCCCCCCCCCCCCC)OC(=O)CCCCCCCCCCCCCCCCCCCCC(C)CC. The predicted molar refractivity (Wildman–Crippen MR) is 437 cm³/mol. The lowest BCUT2D eigenvalue weighted by Gasteiger charge is -2.21. The van der Waals surface area contributed by atoms with Crippen LogP contribution in [0.5, 0.6) is 0 Å². The Kier molecular flexibility index (Phi) is 76.9. The molecule has 0 saturated carbocycles. The van der Waals surface area contributed by atoms with Crippen LogP contribution in [-0.4, -0.2) is 96.7 Å². The summed E-state index contributed by atoms with van der Waals surface area (Å²) in [6.45, 7) is 9.75. The van der Waals surface area contributed by atoms with Crippen molar-refractivity contribution < 1.29 is 80.2 Å². The Morgan fingerprint density at radius 3 is 0.670 bits per heavy atom. The highest BCUT2D eigenvalue weighted by atomic mass is 31.2. The molecule has 0 radical (unpaired) electrons. The van der Waals surface area contributed by atoms with E-state index in [1.807, 2.05) is 0 Å². The van der Waals surface area contributed by atoms with Crippen LogP contribution < -0.4 is 0 Å². The summed E-state index contributed by atoms with van der Waals surface area (Å²) in [7, 11) is -9.93. The van der Waals surface area contributed by atoms with Crippen LogP contribution in [0.1, 0.15) is 465 Å². The smallest absolute Gasteiger partial charge is 0.462 e. The van der Waals surface area contributed by atoms with Gasteiger partial charge in [0.15, 0.2) is 12.2 Å². The fourth-order valence-corrected chi connectivity index (χ4v) is 15.1. The van der Waals surface area contributed by atoms with Gasteiger partial charge in [-0.2, -0.15) is 0 Å². The number of ether oxygens (including phenoxy) is 4. The summed E-state index contributed by atoms with van der Waals surface area (Å²) < 4.78 is 69.0. The second kappa shape index (κ2) is 78.3. The quantitative estimate of drug-likeness (QED) is 0.0222.